The quantitative estimate of drug-likeness (QED) is 0.379. The summed E-state index contributed by atoms with van der Waals surface area (Å²) in [7, 11) is 0. The average molecular weight is 375 g/mol. The number of anilines is 1. The molecule has 0 unspecified atom stereocenters. The van der Waals surface area contributed by atoms with Crippen molar-refractivity contribution in [2.75, 3.05) is 18.5 Å². The van der Waals surface area contributed by atoms with Crippen LogP contribution in [-0.4, -0.2) is 30.1 Å². The van der Waals surface area contributed by atoms with Gasteiger partial charge in [-0.2, -0.15) is 8.78 Å². The van der Waals surface area contributed by atoms with Crippen LogP contribution in [0.5, 0.6) is 0 Å². The molecular weight excluding hydrogens is 350 g/mol. The number of nitrogens with one attached hydrogen (secondary N) is 2. The van der Waals surface area contributed by atoms with Crippen LogP contribution >= 0.6 is 24.0 Å². The second-order valence-electron chi connectivity index (χ2n) is 5.77. The van der Waals surface area contributed by atoms with Gasteiger partial charge in [-0.3, -0.25) is 0 Å². The van der Waals surface area contributed by atoms with Crippen molar-refractivity contribution in [2.45, 2.75) is 55.3 Å². The molecule has 24 heavy (non-hydrogen) atoms. The molecule has 0 spiro atoms. The maximum absolute atomic E-state index is 12.3. The Hall–Kier alpha value is -0.920. The lowest BCUT2D eigenvalue weighted by Crippen LogP contribution is -2.30. The molecule has 0 radical (unpaired) electrons. The van der Waals surface area contributed by atoms with Crippen LogP contribution in [0.1, 0.15) is 38.5 Å². The minimum atomic E-state index is -2.40. The Morgan fingerprint density at radius 3 is 2.58 bits per heavy atom. The van der Waals surface area contributed by atoms with Gasteiger partial charge in [0.05, 0.1) is 6.10 Å². The first-order valence-electron chi connectivity index (χ1n) is 8.35. The number of hydrogen-bond acceptors (Lipinski definition) is 3. The second-order valence-corrected chi connectivity index (χ2v) is 7.24. The summed E-state index contributed by atoms with van der Waals surface area (Å²) in [5, 5.41) is 6.71. The van der Waals surface area contributed by atoms with Gasteiger partial charge < -0.3 is 15.4 Å². The first-order chi connectivity index (χ1) is 11.6. The predicted octanol–water partition coefficient (Wildman–Crippen LogP) is 5.03. The molecule has 1 fully saturated rings. The number of thiocarbonyl (C=S) groups is 1. The fraction of sp³-hybridized carbons (Fsp3) is 0.588. The van der Waals surface area contributed by atoms with E-state index in [4.69, 9.17) is 17.0 Å². The van der Waals surface area contributed by atoms with Crippen molar-refractivity contribution < 1.29 is 13.5 Å². The summed E-state index contributed by atoms with van der Waals surface area (Å²) in [4.78, 5) is 0.536. The lowest BCUT2D eigenvalue weighted by molar-refractivity contribution is 0.0277. The molecular formula is C17H24F2N2OS2. The third-order valence-electron chi connectivity index (χ3n) is 3.85. The molecule has 7 heteroatoms. The summed E-state index contributed by atoms with van der Waals surface area (Å²) in [5.74, 6) is -2.40. The third kappa shape index (κ3) is 7.77. The molecule has 0 bridgehead atoms. The van der Waals surface area contributed by atoms with Crippen LogP contribution in [0.15, 0.2) is 29.2 Å². The largest absolute Gasteiger partial charge is 0.378 e. The van der Waals surface area contributed by atoms with Gasteiger partial charge in [-0.1, -0.05) is 31.0 Å². The highest BCUT2D eigenvalue weighted by atomic mass is 32.2. The molecule has 1 aliphatic rings. The van der Waals surface area contributed by atoms with E-state index in [2.05, 4.69) is 10.6 Å². The van der Waals surface area contributed by atoms with Crippen LogP contribution < -0.4 is 10.6 Å². The molecule has 3 nitrogen and oxygen atoms in total. The Labute approximate surface area is 151 Å². The summed E-state index contributed by atoms with van der Waals surface area (Å²) in [5.41, 5.74) is 0.782. The zero-order valence-electron chi connectivity index (χ0n) is 13.6. The Kier molecular flexibility index (Phi) is 8.77. The van der Waals surface area contributed by atoms with Crippen molar-refractivity contribution in [2.24, 2.45) is 0 Å². The molecule has 0 heterocycles. The zero-order valence-corrected chi connectivity index (χ0v) is 15.2. The smallest absolute Gasteiger partial charge is 0.288 e. The molecule has 0 aliphatic heterocycles. The van der Waals surface area contributed by atoms with E-state index in [-0.39, 0.29) is 0 Å². The molecule has 0 saturated heterocycles. The highest BCUT2D eigenvalue weighted by molar-refractivity contribution is 7.99. The number of rotatable bonds is 8. The van der Waals surface area contributed by atoms with Gasteiger partial charge in [-0.25, -0.2) is 0 Å². The van der Waals surface area contributed by atoms with Crippen molar-refractivity contribution in [3.8, 4) is 0 Å². The Morgan fingerprint density at radius 2 is 1.92 bits per heavy atom. The number of halogens is 2. The first-order valence-corrected chi connectivity index (χ1v) is 9.63. The predicted molar refractivity (Wildman–Crippen MR) is 100.0 cm³/mol. The number of thioether (sulfide) groups is 1. The van der Waals surface area contributed by atoms with E-state index in [1.165, 1.54) is 32.1 Å². The van der Waals surface area contributed by atoms with Gasteiger partial charge in [0, 0.05) is 23.7 Å². The number of ether oxygens (including phenoxy) is 1. The number of hydrogen-bond donors (Lipinski definition) is 2. The molecule has 134 valence electrons. The van der Waals surface area contributed by atoms with Crippen LogP contribution in [0.25, 0.3) is 0 Å². The van der Waals surface area contributed by atoms with Gasteiger partial charge in [0.15, 0.2) is 5.11 Å². The minimum Gasteiger partial charge on any atom is -0.378 e. The van der Waals surface area contributed by atoms with E-state index in [9.17, 15) is 8.78 Å². The third-order valence-corrected chi connectivity index (χ3v) is 4.82. The van der Waals surface area contributed by atoms with Crippen molar-refractivity contribution in [1.29, 1.82) is 0 Å². The maximum atomic E-state index is 12.3. The summed E-state index contributed by atoms with van der Waals surface area (Å²) in [6, 6.07) is 6.79. The van der Waals surface area contributed by atoms with E-state index < -0.39 is 5.76 Å². The molecule has 1 aliphatic carbocycles. The normalized spacial score (nSPS) is 15.5. The average Bonchev–Trinajstić information content (AvgIpc) is 2.57. The molecule has 0 atom stereocenters. The SMILES string of the molecule is FC(F)Sc1ccc(NC(=S)NCCCOC2CCCCC2)cc1. The first kappa shape index (κ1) is 19.4. The number of benzene rings is 1. The zero-order chi connectivity index (χ0) is 17.2. The van der Waals surface area contributed by atoms with E-state index in [0.29, 0.717) is 27.9 Å². The highest BCUT2D eigenvalue weighted by Crippen LogP contribution is 2.26. The topological polar surface area (TPSA) is 33.3 Å². The summed E-state index contributed by atoms with van der Waals surface area (Å²) in [6.45, 7) is 1.50. The summed E-state index contributed by atoms with van der Waals surface area (Å²) in [6.07, 6.45) is 7.62. The number of alkyl halides is 2. The standard InChI is InChI=1S/C17H24F2N2OS2/c18-16(19)24-15-9-7-13(8-10-15)21-17(23)20-11-4-12-22-14-5-2-1-3-6-14/h7-10,14,16H,1-6,11-12H2,(H2,20,21,23). The van der Waals surface area contributed by atoms with Crippen LogP contribution in [-0.2, 0) is 4.74 Å². The van der Waals surface area contributed by atoms with Gasteiger partial charge in [-0.05, 0) is 55.7 Å². The van der Waals surface area contributed by atoms with Crippen molar-refractivity contribution >= 4 is 34.8 Å². The summed E-state index contributed by atoms with van der Waals surface area (Å²) < 4.78 is 30.4. The molecule has 1 aromatic rings. The van der Waals surface area contributed by atoms with E-state index in [0.717, 1.165) is 25.3 Å². The molecule has 1 saturated carbocycles. The Balaban J connectivity index is 1.57. The summed E-state index contributed by atoms with van der Waals surface area (Å²) >= 11 is 5.76. The van der Waals surface area contributed by atoms with Crippen molar-refractivity contribution in [1.82, 2.24) is 5.32 Å². The molecule has 0 aromatic heterocycles. The van der Waals surface area contributed by atoms with E-state index in [1.54, 1.807) is 24.3 Å². The van der Waals surface area contributed by atoms with Crippen molar-refractivity contribution in [3.63, 3.8) is 0 Å². The second kappa shape index (κ2) is 10.8. The van der Waals surface area contributed by atoms with E-state index in [1.807, 2.05) is 0 Å². The monoisotopic (exact) mass is 374 g/mol. The minimum absolute atomic E-state index is 0.438. The van der Waals surface area contributed by atoms with Gasteiger partial charge in [0.25, 0.3) is 5.76 Å². The van der Waals surface area contributed by atoms with E-state index >= 15 is 0 Å². The van der Waals surface area contributed by atoms with Gasteiger partial charge >= 0.3 is 0 Å². The van der Waals surface area contributed by atoms with Crippen molar-refractivity contribution in [3.05, 3.63) is 24.3 Å². The van der Waals surface area contributed by atoms with Crippen LogP contribution in [0.4, 0.5) is 14.5 Å². The molecule has 2 N–H and O–H groups in total. The molecule has 1 aromatic carbocycles. The lowest BCUT2D eigenvalue weighted by atomic mass is 9.98. The Morgan fingerprint density at radius 1 is 1.21 bits per heavy atom. The fourth-order valence-electron chi connectivity index (χ4n) is 2.65. The van der Waals surface area contributed by atoms with Crippen LogP contribution in [0.3, 0.4) is 0 Å². The van der Waals surface area contributed by atoms with Crippen LogP contribution in [0.2, 0.25) is 0 Å². The lowest BCUT2D eigenvalue weighted by Gasteiger charge is -2.22. The Bertz CT molecular complexity index is 494. The highest BCUT2D eigenvalue weighted by Gasteiger charge is 2.13. The van der Waals surface area contributed by atoms with Gasteiger partial charge in [0.1, 0.15) is 0 Å². The molecule has 2 rings (SSSR count). The molecule has 0 amide bonds. The van der Waals surface area contributed by atoms with Gasteiger partial charge in [0.2, 0.25) is 0 Å². The van der Waals surface area contributed by atoms with Crippen LogP contribution in [0, 0.1) is 0 Å². The fourth-order valence-corrected chi connectivity index (χ4v) is 3.37. The van der Waals surface area contributed by atoms with Gasteiger partial charge in [-0.15, -0.1) is 0 Å². The maximum Gasteiger partial charge on any atom is 0.288 e.